The maximum absolute atomic E-state index is 11.6. The van der Waals surface area contributed by atoms with Crippen LogP contribution in [0.5, 0.6) is 0 Å². The summed E-state index contributed by atoms with van der Waals surface area (Å²) in [6.07, 6.45) is 3.53. The molecule has 3 rings (SSSR count). The van der Waals surface area contributed by atoms with E-state index in [9.17, 15) is 9.59 Å². The summed E-state index contributed by atoms with van der Waals surface area (Å²) in [5.74, 6) is -0.146. The van der Waals surface area contributed by atoms with Crippen molar-refractivity contribution in [3.63, 3.8) is 0 Å². The highest BCUT2D eigenvalue weighted by molar-refractivity contribution is 6.31. The Morgan fingerprint density at radius 3 is 2.77 bits per heavy atom. The van der Waals surface area contributed by atoms with Crippen molar-refractivity contribution in [1.82, 2.24) is 15.5 Å². The summed E-state index contributed by atoms with van der Waals surface area (Å²) in [7, 11) is 0. The molecule has 1 aromatic rings. The fourth-order valence-corrected chi connectivity index (χ4v) is 3.46. The summed E-state index contributed by atoms with van der Waals surface area (Å²) < 4.78 is 0. The summed E-state index contributed by atoms with van der Waals surface area (Å²) in [5, 5.41) is 6.73. The highest BCUT2D eigenvalue weighted by Crippen LogP contribution is 2.27. The Morgan fingerprint density at radius 1 is 1.18 bits per heavy atom. The van der Waals surface area contributed by atoms with Crippen LogP contribution in [-0.2, 0) is 24.1 Å². The fraction of sp³-hybridized carbons (Fsp3) is 0.500. The molecule has 6 heteroatoms. The lowest BCUT2D eigenvalue weighted by molar-refractivity contribution is -0.125. The summed E-state index contributed by atoms with van der Waals surface area (Å²) >= 11 is 6.39. The number of halogens is 1. The molecule has 0 aliphatic carbocycles. The second-order valence-corrected chi connectivity index (χ2v) is 6.13. The molecule has 1 fully saturated rings. The van der Waals surface area contributed by atoms with Gasteiger partial charge >= 0.3 is 6.03 Å². The van der Waals surface area contributed by atoms with Crippen LogP contribution < -0.4 is 10.6 Å². The van der Waals surface area contributed by atoms with E-state index < -0.39 is 0 Å². The Balaban J connectivity index is 1.69. The molecule has 1 saturated heterocycles. The number of hydrogen-bond donors (Lipinski definition) is 2. The minimum Gasteiger partial charge on any atom is -0.329 e. The molecule has 118 valence electrons. The van der Waals surface area contributed by atoms with Crippen molar-refractivity contribution in [3.05, 3.63) is 33.8 Å². The number of nitrogens with zero attached hydrogens (tertiary/aromatic N) is 1. The molecule has 2 N–H and O–H groups in total. The second kappa shape index (κ2) is 6.67. The van der Waals surface area contributed by atoms with Gasteiger partial charge in [0.15, 0.2) is 0 Å². The molecule has 1 aromatic carbocycles. The molecule has 2 heterocycles. The van der Waals surface area contributed by atoms with E-state index in [0.29, 0.717) is 6.54 Å². The van der Waals surface area contributed by atoms with Gasteiger partial charge in [-0.25, -0.2) is 4.79 Å². The monoisotopic (exact) mass is 321 g/mol. The second-order valence-electron chi connectivity index (χ2n) is 5.72. The Morgan fingerprint density at radius 2 is 2.00 bits per heavy atom. The smallest absolute Gasteiger partial charge is 0.324 e. The SMILES string of the molecule is O=C1CNC(=O)N1CCCc1c(Cl)ccc2c1CCNCC2. The topological polar surface area (TPSA) is 61.4 Å². The van der Waals surface area contributed by atoms with E-state index >= 15 is 0 Å². The Hall–Kier alpha value is -1.59. The molecule has 2 aliphatic rings. The van der Waals surface area contributed by atoms with E-state index in [1.165, 1.54) is 21.6 Å². The Kier molecular flexibility index (Phi) is 4.64. The van der Waals surface area contributed by atoms with E-state index in [0.717, 1.165) is 43.8 Å². The van der Waals surface area contributed by atoms with Crippen LogP contribution in [0.1, 0.15) is 23.1 Å². The van der Waals surface area contributed by atoms with Gasteiger partial charge in [-0.3, -0.25) is 9.69 Å². The number of fused-ring (bicyclic) bond motifs is 1. The number of carbonyl (C=O) groups is 2. The molecule has 0 radical (unpaired) electrons. The predicted molar refractivity (Wildman–Crippen MR) is 85.2 cm³/mol. The van der Waals surface area contributed by atoms with Crippen molar-refractivity contribution in [2.45, 2.75) is 25.7 Å². The van der Waals surface area contributed by atoms with Gasteiger partial charge in [0.1, 0.15) is 0 Å². The van der Waals surface area contributed by atoms with Gasteiger partial charge in [-0.1, -0.05) is 17.7 Å². The van der Waals surface area contributed by atoms with Crippen molar-refractivity contribution >= 4 is 23.5 Å². The number of rotatable bonds is 4. The maximum atomic E-state index is 11.6. The number of hydrogen-bond acceptors (Lipinski definition) is 3. The average Bonchev–Trinajstić information content (AvgIpc) is 2.71. The summed E-state index contributed by atoms with van der Waals surface area (Å²) in [4.78, 5) is 24.4. The van der Waals surface area contributed by atoms with Gasteiger partial charge in [0.05, 0.1) is 6.54 Å². The van der Waals surface area contributed by atoms with Crippen molar-refractivity contribution in [2.75, 3.05) is 26.2 Å². The lowest BCUT2D eigenvalue weighted by Crippen LogP contribution is -2.32. The minimum absolute atomic E-state index is 0.117. The van der Waals surface area contributed by atoms with E-state index in [1.807, 2.05) is 6.07 Å². The standard InChI is InChI=1S/C16H20ClN3O2/c17-14-4-3-11-5-7-18-8-6-12(11)13(14)2-1-9-20-15(21)10-19-16(20)22/h3-4,18H,1-2,5-10H2,(H,19,22). The average molecular weight is 322 g/mol. The van der Waals surface area contributed by atoms with Crippen molar-refractivity contribution in [2.24, 2.45) is 0 Å². The number of nitrogens with one attached hydrogen (secondary N) is 2. The molecular weight excluding hydrogens is 302 g/mol. The van der Waals surface area contributed by atoms with Crippen molar-refractivity contribution < 1.29 is 9.59 Å². The highest BCUT2D eigenvalue weighted by atomic mass is 35.5. The fourth-order valence-electron chi connectivity index (χ4n) is 3.19. The summed E-state index contributed by atoms with van der Waals surface area (Å²) in [6.45, 7) is 2.53. The number of imide groups is 1. The lowest BCUT2D eigenvalue weighted by Gasteiger charge is -2.16. The van der Waals surface area contributed by atoms with Gasteiger partial charge in [0.2, 0.25) is 5.91 Å². The third kappa shape index (κ3) is 3.10. The van der Waals surface area contributed by atoms with Crippen LogP contribution in [0.15, 0.2) is 12.1 Å². The van der Waals surface area contributed by atoms with Crippen LogP contribution in [0.25, 0.3) is 0 Å². The molecule has 3 amide bonds. The van der Waals surface area contributed by atoms with Crippen LogP contribution in [-0.4, -0.2) is 43.0 Å². The molecule has 2 aliphatic heterocycles. The van der Waals surface area contributed by atoms with E-state index in [2.05, 4.69) is 16.7 Å². The van der Waals surface area contributed by atoms with E-state index in [-0.39, 0.29) is 18.5 Å². The predicted octanol–water partition coefficient (Wildman–Crippen LogP) is 1.51. The summed E-state index contributed by atoms with van der Waals surface area (Å²) in [5.41, 5.74) is 3.88. The van der Waals surface area contributed by atoms with Crippen molar-refractivity contribution in [1.29, 1.82) is 0 Å². The Labute approximate surface area is 135 Å². The van der Waals surface area contributed by atoms with Crippen LogP contribution in [0.4, 0.5) is 4.79 Å². The minimum atomic E-state index is -0.285. The first-order chi connectivity index (χ1) is 10.7. The summed E-state index contributed by atoms with van der Waals surface area (Å²) in [6, 6.07) is 3.80. The quantitative estimate of drug-likeness (QED) is 0.826. The molecule has 0 atom stereocenters. The largest absolute Gasteiger partial charge is 0.329 e. The van der Waals surface area contributed by atoms with Gasteiger partial charge < -0.3 is 10.6 Å². The zero-order chi connectivity index (χ0) is 15.5. The van der Waals surface area contributed by atoms with Crippen LogP contribution in [0.3, 0.4) is 0 Å². The first kappa shape index (κ1) is 15.3. The van der Waals surface area contributed by atoms with Crippen molar-refractivity contribution in [3.8, 4) is 0 Å². The third-order valence-corrected chi connectivity index (χ3v) is 4.69. The molecular formula is C16H20ClN3O2. The Bertz CT molecular complexity index is 587. The molecule has 0 aromatic heterocycles. The van der Waals surface area contributed by atoms with E-state index in [1.54, 1.807) is 0 Å². The van der Waals surface area contributed by atoms with Crippen LogP contribution in [0, 0.1) is 0 Å². The molecule has 5 nitrogen and oxygen atoms in total. The zero-order valence-electron chi connectivity index (χ0n) is 12.5. The number of benzene rings is 1. The van der Waals surface area contributed by atoms with E-state index in [4.69, 9.17) is 11.6 Å². The van der Waals surface area contributed by atoms with Crippen LogP contribution >= 0.6 is 11.6 Å². The highest BCUT2D eigenvalue weighted by Gasteiger charge is 2.27. The van der Waals surface area contributed by atoms with Gasteiger partial charge in [-0.15, -0.1) is 0 Å². The first-order valence-corrected chi connectivity index (χ1v) is 8.12. The maximum Gasteiger partial charge on any atom is 0.324 e. The molecule has 22 heavy (non-hydrogen) atoms. The number of amides is 3. The molecule has 0 unspecified atom stereocenters. The van der Waals surface area contributed by atoms with Gasteiger partial charge in [0, 0.05) is 11.6 Å². The molecule has 0 bridgehead atoms. The first-order valence-electron chi connectivity index (χ1n) is 7.75. The number of carbonyl (C=O) groups excluding carboxylic acids is 2. The van der Waals surface area contributed by atoms with Crippen LogP contribution in [0.2, 0.25) is 5.02 Å². The normalized spacial score (nSPS) is 18.1. The molecule has 0 spiro atoms. The molecule has 0 saturated carbocycles. The third-order valence-electron chi connectivity index (χ3n) is 4.34. The zero-order valence-corrected chi connectivity index (χ0v) is 13.2. The van der Waals surface area contributed by atoms with Gasteiger partial charge in [0.25, 0.3) is 0 Å². The van der Waals surface area contributed by atoms with Gasteiger partial charge in [-0.2, -0.15) is 0 Å². The number of urea groups is 1. The van der Waals surface area contributed by atoms with Gasteiger partial charge in [-0.05, 0) is 61.5 Å². The lowest BCUT2D eigenvalue weighted by atomic mass is 9.94.